The second-order valence-corrected chi connectivity index (χ2v) is 6.81. The number of hydrogen-bond acceptors (Lipinski definition) is 3. The van der Waals surface area contributed by atoms with Gasteiger partial charge in [-0.15, -0.1) is 0 Å². The number of piperidine rings is 2. The molecule has 0 N–H and O–H groups in total. The zero-order valence-corrected chi connectivity index (χ0v) is 14.0. The predicted molar refractivity (Wildman–Crippen MR) is 91.3 cm³/mol. The van der Waals surface area contributed by atoms with Crippen molar-refractivity contribution < 1.29 is 4.74 Å². The third-order valence-corrected chi connectivity index (χ3v) is 5.10. The maximum atomic E-state index is 5.46. The monoisotopic (exact) mass is 302 g/mol. The number of benzene rings is 1. The summed E-state index contributed by atoms with van der Waals surface area (Å²) < 4.78 is 5.46. The summed E-state index contributed by atoms with van der Waals surface area (Å²) in [5.74, 6) is 0.995. The third-order valence-electron chi connectivity index (χ3n) is 5.10. The molecule has 0 radical (unpaired) electrons. The first kappa shape index (κ1) is 15.8. The Morgan fingerprint density at radius 2 is 1.32 bits per heavy atom. The van der Waals surface area contributed by atoms with Gasteiger partial charge in [0, 0.05) is 13.1 Å². The lowest BCUT2D eigenvalue weighted by molar-refractivity contribution is 0.209. The van der Waals surface area contributed by atoms with Crippen LogP contribution in [-0.4, -0.2) is 43.1 Å². The maximum Gasteiger partial charge on any atom is 0.119 e. The van der Waals surface area contributed by atoms with Gasteiger partial charge in [0.2, 0.25) is 0 Å². The molecule has 0 atom stereocenters. The molecule has 1 aromatic carbocycles. The zero-order chi connectivity index (χ0) is 15.2. The summed E-state index contributed by atoms with van der Waals surface area (Å²) in [6.45, 7) is 7.21. The van der Waals surface area contributed by atoms with Gasteiger partial charge in [-0.2, -0.15) is 0 Å². The van der Waals surface area contributed by atoms with E-state index in [1.165, 1.54) is 75.8 Å². The molecule has 2 saturated heterocycles. The van der Waals surface area contributed by atoms with Crippen LogP contribution >= 0.6 is 0 Å². The predicted octanol–water partition coefficient (Wildman–Crippen LogP) is 3.67. The Hall–Kier alpha value is -1.06. The Morgan fingerprint density at radius 1 is 0.773 bits per heavy atom. The molecular weight excluding hydrogens is 272 g/mol. The van der Waals surface area contributed by atoms with Crippen LogP contribution in [0.3, 0.4) is 0 Å². The Kier molecular flexibility index (Phi) is 5.74. The van der Waals surface area contributed by atoms with Crippen LogP contribution in [0.4, 0.5) is 0 Å². The number of rotatable bonds is 5. The minimum Gasteiger partial charge on any atom is -0.497 e. The average molecular weight is 302 g/mol. The fourth-order valence-electron chi connectivity index (χ4n) is 3.75. The molecule has 2 heterocycles. The highest BCUT2D eigenvalue weighted by molar-refractivity contribution is 5.35. The van der Waals surface area contributed by atoms with Crippen molar-refractivity contribution in [2.45, 2.75) is 51.6 Å². The molecular formula is C19H30N2O. The molecule has 122 valence electrons. The number of ether oxygens (including phenoxy) is 1. The van der Waals surface area contributed by atoms with Gasteiger partial charge in [0.25, 0.3) is 0 Å². The van der Waals surface area contributed by atoms with Gasteiger partial charge < -0.3 is 4.74 Å². The Morgan fingerprint density at radius 3 is 1.86 bits per heavy atom. The van der Waals surface area contributed by atoms with E-state index in [2.05, 4.69) is 28.0 Å². The lowest BCUT2D eigenvalue weighted by atomic mass is 10.0. The Balaban J connectivity index is 1.71. The average Bonchev–Trinajstić information content (AvgIpc) is 2.58. The summed E-state index contributed by atoms with van der Waals surface area (Å²) in [5, 5.41) is 0. The molecule has 0 saturated carbocycles. The lowest BCUT2D eigenvalue weighted by Gasteiger charge is -2.30. The van der Waals surface area contributed by atoms with Gasteiger partial charge in [-0.1, -0.05) is 18.9 Å². The van der Waals surface area contributed by atoms with Crippen LogP contribution in [0, 0.1) is 0 Å². The fraction of sp³-hybridized carbons (Fsp3) is 0.684. The van der Waals surface area contributed by atoms with Crippen molar-refractivity contribution in [2.75, 3.05) is 33.3 Å². The van der Waals surface area contributed by atoms with Gasteiger partial charge in [0.15, 0.2) is 0 Å². The van der Waals surface area contributed by atoms with E-state index in [0.717, 1.165) is 18.8 Å². The number of nitrogens with zero attached hydrogens (tertiary/aromatic N) is 2. The first-order chi connectivity index (χ1) is 10.8. The van der Waals surface area contributed by atoms with E-state index in [9.17, 15) is 0 Å². The normalized spacial score (nSPS) is 21.0. The fourth-order valence-corrected chi connectivity index (χ4v) is 3.75. The molecule has 3 rings (SSSR count). The van der Waals surface area contributed by atoms with Crippen molar-refractivity contribution in [3.63, 3.8) is 0 Å². The van der Waals surface area contributed by atoms with E-state index in [-0.39, 0.29) is 0 Å². The summed E-state index contributed by atoms with van der Waals surface area (Å²) in [6.07, 6.45) is 8.22. The van der Waals surface area contributed by atoms with Crippen molar-refractivity contribution >= 4 is 0 Å². The standard InChI is InChI=1S/C19H30N2O/c1-22-19-9-8-17(15-20-10-4-2-5-11-20)18(14-19)16-21-12-6-3-7-13-21/h8-9,14H,2-7,10-13,15-16H2,1H3. The SMILES string of the molecule is COc1ccc(CN2CCCCC2)c(CN2CCCCC2)c1. The van der Waals surface area contributed by atoms with Gasteiger partial charge >= 0.3 is 0 Å². The van der Waals surface area contributed by atoms with E-state index in [1.807, 2.05) is 0 Å². The van der Waals surface area contributed by atoms with Gasteiger partial charge in [-0.25, -0.2) is 0 Å². The highest BCUT2D eigenvalue weighted by atomic mass is 16.5. The van der Waals surface area contributed by atoms with Crippen molar-refractivity contribution in [3.05, 3.63) is 29.3 Å². The largest absolute Gasteiger partial charge is 0.497 e. The van der Waals surface area contributed by atoms with Crippen molar-refractivity contribution in [3.8, 4) is 5.75 Å². The molecule has 1 aromatic rings. The van der Waals surface area contributed by atoms with E-state index in [4.69, 9.17) is 4.74 Å². The van der Waals surface area contributed by atoms with Crippen LogP contribution in [0.2, 0.25) is 0 Å². The maximum absolute atomic E-state index is 5.46. The summed E-state index contributed by atoms with van der Waals surface area (Å²) in [7, 11) is 1.77. The summed E-state index contributed by atoms with van der Waals surface area (Å²) >= 11 is 0. The molecule has 0 bridgehead atoms. The quantitative estimate of drug-likeness (QED) is 0.825. The first-order valence-electron chi connectivity index (χ1n) is 8.95. The van der Waals surface area contributed by atoms with Gasteiger partial charge in [0.05, 0.1) is 7.11 Å². The molecule has 22 heavy (non-hydrogen) atoms. The molecule has 0 unspecified atom stereocenters. The lowest BCUT2D eigenvalue weighted by Crippen LogP contribution is -2.31. The first-order valence-corrected chi connectivity index (χ1v) is 8.95. The number of methoxy groups -OCH3 is 1. The van der Waals surface area contributed by atoms with E-state index >= 15 is 0 Å². The second-order valence-electron chi connectivity index (χ2n) is 6.81. The van der Waals surface area contributed by atoms with Gasteiger partial charge in [-0.05, 0) is 75.1 Å². The van der Waals surface area contributed by atoms with Crippen LogP contribution in [0.1, 0.15) is 49.7 Å². The summed E-state index contributed by atoms with van der Waals surface area (Å²) in [5.41, 5.74) is 2.96. The summed E-state index contributed by atoms with van der Waals surface area (Å²) in [6, 6.07) is 6.67. The smallest absolute Gasteiger partial charge is 0.119 e. The zero-order valence-electron chi connectivity index (χ0n) is 14.0. The Labute approximate surface area is 135 Å². The molecule has 2 fully saturated rings. The van der Waals surface area contributed by atoms with Gasteiger partial charge in [0.1, 0.15) is 5.75 Å². The highest BCUT2D eigenvalue weighted by Crippen LogP contribution is 2.23. The van der Waals surface area contributed by atoms with E-state index in [1.54, 1.807) is 7.11 Å². The minimum absolute atomic E-state index is 0.995. The summed E-state index contributed by atoms with van der Waals surface area (Å²) in [4.78, 5) is 5.23. The molecule has 3 nitrogen and oxygen atoms in total. The van der Waals surface area contributed by atoms with E-state index in [0.29, 0.717) is 0 Å². The molecule has 0 aromatic heterocycles. The number of hydrogen-bond donors (Lipinski definition) is 0. The van der Waals surface area contributed by atoms with Crippen LogP contribution in [0.15, 0.2) is 18.2 Å². The molecule has 2 aliphatic heterocycles. The Bertz CT molecular complexity index is 463. The van der Waals surface area contributed by atoms with Crippen LogP contribution in [-0.2, 0) is 13.1 Å². The van der Waals surface area contributed by atoms with Gasteiger partial charge in [-0.3, -0.25) is 9.80 Å². The minimum atomic E-state index is 0.995. The molecule has 3 heteroatoms. The molecule has 2 aliphatic rings. The number of likely N-dealkylation sites (tertiary alicyclic amines) is 2. The van der Waals surface area contributed by atoms with Crippen LogP contribution < -0.4 is 4.74 Å². The van der Waals surface area contributed by atoms with Crippen molar-refractivity contribution in [1.82, 2.24) is 9.80 Å². The molecule has 0 spiro atoms. The topological polar surface area (TPSA) is 15.7 Å². The van der Waals surface area contributed by atoms with Crippen LogP contribution in [0.5, 0.6) is 5.75 Å². The van der Waals surface area contributed by atoms with Crippen molar-refractivity contribution in [2.24, 2.45) is 0 Å². The highest BCUT2D eigenvalue weighted by Gasteiger charge is 2.16. The van der Waals surface area contributed by atoms with Crippen LogP contribution in [0.25, 0.3) is 0 Å². The van der Waals surface area contributed by atoms with E-state index < -0.39 is 0 Å². The molecule has 0 amide bonds. The molecule has 0 aliphatic carbocycles. The van der Waals surface area contributed by atoms with Crippen molar-refractivity contribution in [1.29, 1.82) is 0 Å². The second kappa shape index (κ2) is 7.98. The third kappa shape index (κ3) is 4.23.